The van der Waals surface area contributed by atoms with Crippen molar-refractivity contribution in [1.82, 2.24) is 4.90 Å². The number of hydrogen-bond acceptors (Lipinski definition) is 7. The van der Waals surface area contributed by atoms with Gasteiger partial charge >= 0.3 is 5.97 Å². The Balaban J connectivity index is 1.46. The Morgan fingerprint density at radius 3 is 2.61 bits per heavy atom. The first-order valence-corrected chi connectivity index (χ1v) is 13.9. The second kappa shape index (κ2) is 11.3. The second-order valence-electron chi connectivity index (χ2n) is 11.1. The zero-order valence-electron chi connectivity index (χ0n) is 23.1. The van der Waals surface area contributed by atoms with Gasteiger partial charge in [-0.25, -0.2) is 0 Å². The number of carbonyl (C=O) groups excluding carboxylic acids is 4. The number of carboxylic acids is 1. The molecule has 2 amide bonds. The summed E-state index contributed by atoms with van der Waals surface area (Å²) in [4.78, 5) is 65.7. The van der Waals surface area contributed by atoms with Crippen molar-refractivity contribution in [3.63, 3.8) is 0 Å². The smallest absolute Gasteiger partial charge is 0.303 e. The van der Waals surface area contributed by atoms with Gasteiger partial charge in [-0.05, 0) is 62.3 Å². The number of aromatic hydroxyl groups is 1. The number of nitrogens with zero attached hydrogens (tertiary/aromatic N) is 1. The number of imide groups is 1. The molecular formula is C32H33NO8. The molecule has 4 aliphatic rings. The van der Waals surface area contributed by atoms with Gasteiger partial charge in [-0.3, -0.25) is 28.9 Å². The van der Waals surface area contributed by atoms with Gasteiger partial charge in [-0.2, -0.15) is 0 Å². The van der Waals surface area contributed by atoms with E-state index in [9.17, 15) is 29.1 Å². The molecule has 214 valence electrons. The molecular weight excluding hydrogens is 526 g/mol. The Morgan fingerprint density at radius 2 is 1.88 bits per heavy atom. The first kappa shape index (κ1) is 28.3. The number of hydrogen-bond donors (Lipinski definition) is 2. The highest BCUT2D eigenvalue weighted by molar-refractivity contribution is 6.23. The third kappa shape index (κ3) is 5.16. The molecule has 5 rings (SSSR count). The van der Waals surface area contributed by atoms with Crippen molar-refractivity contribution in [2.24, 2.45) is 23.7 Å². The van der Waals surface area contributed by atoms with Crippen molar-refractivity contribution < 1.29 is 38.9 Å². The number of phenolic OH excluding ortho intramolecular Hbond substituents is 1. The number of Topliss-reactive ketones (excluding diaryl/α,β-unsaturated/α-hetero) is 1. The molecule has 0 bridgehead atoms. The monoisotopic (exact) mass is 559 g/mol. The lowest BCUT2D eigenvalue weighted by atomic mass is 9.60. The molecule has 1 aliphatic heterocycles. The summed E-state index contributed by atoms with van der Waals surface area (Å²) in [5.41, 5.74) is 2.77. The van der Waals surface area contributed by atoms with E-state index in [-0.39, 0.29) is 48.5 Å². The van der Waals surface area contributed by atoms with Crippen LogP contribution in [-0.2, 0) is 24.0 Å². The van der Waals surface area contributed by atoms with Crippen LogP contribution in [0, 0.1) is 23.7 Å². The molecule has 9 nitrogen and oxygen atoms in total. The van der Waals surface area contributed by atoms with E-state index in [4.69, 9.17) is 9.84 Å². The third-order valence-corrected chi connectivity index (χ3v) is 8.66. The number of unbranched alkanes of at least 4 members (excludes halogenated alkanes) is 2. The molecule has 1 aromatic rings. The van der Waals surface area contributed by atoms with Crippen molar-refractivity contribution in [2.75, 3.05) is 13.7 Å². The lowest BCUT2D eigenvalue weighted by molar-refractivity contribution is -0.141. The van der Waals surface area contributed by atoms with Crippen LogP contribution in [0.25, 0.3) is 6.08 Å². The number of fused-ring (bicyclic) bond motifs is 3. The van der Waals surface area contributed by atoms with Gasteiger partial charge < -0.3 is 14.9 Å². The summed E-state index contributed by atoms with van der Waals surface area (Å²) >= 11 is 0. The van der Waals surface area contributed by atoms with Gasteiger partial charge in [0.1, 0.15) is 0 Å². The molecule has 4 atom stereocenters. The van der Waals surface area contributed by atoms with E-state index < -0.39 is 29.6 Å². The molecule has 3 aliphatic carbocycles. The minimum absolute atomic E-state index is 0.00192. The predicted molar refractivity (Wildman–Crippen MR) is 149 cm³/mol. The maximum absolute atomic E-state index is 13.7. The van der Waals surface area contributed by atoms with Crippen LogP contribution < -0.4 is 4.74 Å². The topological polar surface area (TPSA) is 138 Å². The van der Waals surface area contributed by atoms with E-state index in [1.807, 2.05) is 12.2 Å². The van der Waals surface area contributed by atoms with Crippen LogP contribution in [0.15, 0.2) is 58.7 Å². The zero-order chi connectivity index (χ0) is 29.4. The Bertz CT molecular complexity index is 1460. The Labute approximate surface area is 237 Å². The fraction of sp³-hybridized carbons (Fsp3) is 0.406. The van der Waals surface area contributed by atoms with Gasteiger partial charge in [0.25, 0.3) is 0 Å². The van der Waals surface area contributed by atoms with Gasteiger partial charge in [0.2, 0.25) is 11.8 Å². The summed E-state index contributed by atoms with van der Waals surface area (Å²) in [7, 11) is 1.45. The van der Waals surface area contributed by atoms with Crippen molar-refractivity contribution in [3.8, 4) is 11.5 Å². The number of ketones is 2. The number of phenols is 1. The highest BCUT2D eigenvalue weighted by Crippen LogP contribution is 2.52. The van der Waals surface area contributed by atoms with Gasteiger partial charge in [-0.1, -0.05) is 36.3 Å². The predicted octanol–water partition coefficient (Wildman–Crippen LogP) is 4.02. The van der Waals surface area contributed by atoms with Crippen LogP contribution in [0.3, 0.4) is 0 Å². The third-order valence-electron chi connectivity index (χ3n) is 8.66. The van der Waals surface area contributed by atoms with E-state index in [0.717, 1.165) is 11.1 Å². The first-order chi connectivity index (χ1) is 19.6. The molecule has 0 aromatic heterocycles. The number of aliphatic carboxylic acids is 1. The number of allylic oxidation sites excluding steroid dienone is 7. The second-order valence-corrected chi connectivity index (χ2v) is 11.1. The van der Waals surface area contributed by atoms with Gasteiger partial charge in [-0.15, -0.1) is 0 Å². The highest BCUT2D eigenvalue weighted by Gasteiger charge is 2.55. The number of likely N-dealkylation sites (tertiary alicyclic amines) is 1. The molecule has 9 heteroatoms. The zero-order valence-corrected chi connectivity index (χ0v) is 23.1. The first-order valence-electron chi connectivity index (χ1n) is 13.9. The van der Waals surface area contributed by atoms with Crippen LogP contribution in [0.2, 0.25) is 0 Å². The highest BCUT2D eigenvalue weighted by atomic mass is 16.5. The number of rotatable bonds is 9. The van der Waals surface area contributed by atoms with E-state index in [2.05, 4.69) is 0 Å². The Kier molecular flexibility index (Phi) is 7.80. The van der Waals surface area contributed by atoms with Crippen LogP contribution >= 0.6 is 0 Å². The van der Waals surface area contributed by atoms with Crippen molar-refractivity contribution in [1.29, 1.82) is 0 Å². The summed E-state index contributed by atoms with van der Waals surface area (Å²) in [5.74, 6) is -3.57. The van der Waals surface area contributed by atoms with Crippen LogP contribution in [-0.4, -0.2) is 58.1 Å². The van der Waals surface area contributed by atoms with Gasteiger partial charge in [0.05, 0.1) is 18.9 Å². The number of methoxy groups -OCH3 is 1. The molecule has 1 fully saturated rings. The van der Waals surface area contributed by atoms with Crippen LogP contribution in [0.4, 0.5) is 0 Å². The van der Waals surface area contributed by atoms with Gasteiger partial charge in [0, 0.05) is 35.6 Å². The van der Waals surface area contributed by atoms with Crippen molar-refractivity contribution >= 4 is 35.4 Å². The number of carboxylic acid groups (broad SMARTS) is 1. The number of amides is 2. The number of benzene rings is 1. The Hall–Kier alpha value is -4.27. The Morgan fingerprint density at radius 1 is 1.10 bits per heavy atom. The molecule has 4 unspecified atom stereocenters. The minimum atomic E-state index is -0.872. The average Bonchev–Trinajstić information content (AvgIpc) is 3.19. The quantitative estimate of drug-likeness (QED) is 0.200. The molecule has 1 heterocycles. The lowest BCUT2D eigenvalue weighted by Gasteiger charge is -2.41. The molecule has 2 N–H and O–H groups in total. The number of carbonyl (C=O) groups is 5. The van der Waals surface area contributed by atoms with Crippen molar-refractivity contribution in [2.45, 2.75) is 45.4 Å². The van der Waals surface area contributed by atoms with E-state index in [1.165, 1.54) is 24.2 Å². The summed E-state index contributed by atoms with van der Waals surface area (Å²) in [6.07, 6.45) is 9.23. The number of ether oxygens (including phenoxy) is 1. The van der Waals surface area contributed by atoms with Crippen LogP contribution in [0.5, 0.6) is 11.5 Å². The fourth-order valence-corrected chi connectivity index (χ4v) is 6.67. The van der Waals surface area contributed by atoms with E-state index in [0.29, 0.717) is 48.2 Å². The van der Waals surface area contributed by atoms with Gasteiger partial charge in [0.15, 0.2) is 23.1 Å². The SMILES string of the molecule is COc1cc(C=CC2C3=CCC4C(=O)N(CCCCCC(=O)O)C(=O)C4C3CC3=C2C(=O)C=C(C)C3=O)ccc1O. The molecule has 0 saturated carbocycles. The van der Waals surface area contributed by atoms with Crippen molar-refractivity contribution in [3.05, 3.63) is 64.3 Å². The van der Waals surface area contributed by atoms with E-state index in [1.54, 1.807) is 25.1 Å². The van der Waals surface area contributed by atoms with Crippen LogP contribution in [0.1, 0.15) is 51.0 Å². The average molecular weight is 560 g/mol. The molecule has 0 spiro atoms. The maximum Gasteiger partial charge on any atom is 0.303 e. The summed E-state index contributed by atoms with van der Waals surface area (Å²) in [6, 6.07) is 4.89. The fourth-order valence-electron chi connectivity index (χ4n) is 6.67. The lowest BCUT2D eigenvalue weighted by Crippen LogP contribution is -2.40. The van der Waals surface area contributed by atoms with E-state index >= 15 is 0 Å². The largest absolute Gasteiger partial charge is 0.504 e. The standard InChI is InChI=1S/C32H33NO8/c1-17-14-25(35)28-20(9-7-18-8-12-24(34)26(15-18)41-2)19-10-11-21-29(22(19)16-23(28)30(17)38)32(40)33(31(21)39)13-5-3-4-6-27(36)37/h7-10,12,14-15,20-22,29,34H,3-6,11,13,16H2,1-2H3,(H,36,37). The molecule has 0 radical (unpaired) electrons. The summed E-state index contributed by atoms with van der Waals surface area (Å²) < 4.78 is 5.21. The summed E-state index contributed by atoms with van der Waals surface area (Å²) in [6.45, 7) is 1.86. The maximum atomic E-state index is 13.7. The molecule has 1 aromatic carbocycles. The molecule has 1 saturated heterocycles. The molecule has 41 heavy (non-hydrogen) atoms. The minimum Gasteiger partial charge on any atom is -0.504 e. The normalized spacial score (nSPS) is 25.7. The summed E-state index contributed by atoms with van der Waals surface area (Å²) in [5, 5.41) is 18.8.